The summed E-state index contributed by atoms with van der Waals surface area (Å²) < 4.78 is 25.0. The number of hydrogen-bond acceptors (Lipinski definition) is 3. The van der Waals surface area contributed by atoms with E-state index in [1.165, 1.54) is 6.07 Å². The van der Waals surface area contributed by atoms with E-state index in [1.54, 1.807) is 0 Å². The minimum atomic E-state index is -2.77. The first-order chi connectivity index (χ1) is 6.60. The fraction of sp³-hybridized carbons (Fsp3) is 0.250. The molecule has 14 heavy (non-hydrogen) atoms. The average molecular weight is 265 g/mol. The fourth-order valence-electron chi connectivity index (χ4n) is 0.976. The van der Waals surface area contributed by atoms with Crippen LogP contribution < -0.4 is 5.73 Å². The van der Waals surface area contributed by atoms with E-state index >= 15 is 0 Å². The monoisotopic (exact) mass is 264 g/mol. The average Bonchev–Trinajstić information content (AvgIpc) is 2.17. The molecule has 3 nitrogen and oxygen atoms in total. The van der Waals surface area contributed by atoms with Gasteiger partial charge in [-0.3, -0.25) is 4.79 Å². The quantitative estimate of drug-likeness (QED) is 0.672. The van der Waals surface area contributed by atoms with E-state index in [-0.39, 0.29) is 16.7 Å². The van der Waals surface area contributed by atoms with Crippen LogP contribution in [0.1, 0.15) is 28.0 Å². The molecule has 0 amide bonds. The van der Waals surface area contributed by atoms with Crippen molar-refractivity contribution in [3.05, 3.63) is 27.5 Å². The molecule has 2 N–H and O–H groups in total. The molecule has 0 aliphatic rings. The van der Waals surface area contributed by atoms with E-state index in [0.717, 1.165) is 0 Å². The molecule has 0 aliphatic heterocycles. The van der Waals surface area contributed by atoms with Crippen molar-refractivity contribution in [2.24, 2.45) is 5.73 Å². The van der Waals surface area contributed by atoms with Crippen molar-refractivity contribution in [3.8, 4) is 0 Å². The van der Waals surface area contributed by atoms with Gasteiger partial charge >= 0.3 is 0 Å². The minimum Gasteiger partial charge on any atom is -0.326 e. The Morgan fingerprint density at radius 3 is 2.71 bits per heavy atom. The lowest BCUT2D eigenvalue weighted by Crippen LogP contribution is -2.05. The number of nitrogens with two attached hydrogens (primary N) is 1. The van der Waals surface area contributed by atoms with Crippen LogP contribution in [0.4, 0.5) is 8.78 Å². The fourth-order valence-corrected chi connectivity index (χ4v) is 1.44. The highest BCUT2D eigenvalue weighted by Gasteiger charge is 2.16. The van der Waals surface area contributed by atoms with E-state index in [1.807, 2.05) is 0 Å². The van der Waals surface area contributed by atoms with Crippen molar-refractivity contribution in [2.45, 2.75) is 13.0 Å². The Balaban J connectivity index is 3.31. The Kier molecular flexibility index (Phi) is 3.65. The highest BCUT2D eigenvalue weighted by Crippen LogP contribution is 2.24. The molecular formula is C8H7BrF2N2O. The summed E-state index contributed by atoms with van der Waals surface area (Å²) in [6.07, 6.45) is -2.42. The van der Waals surface area contributed by atoms with E-state index in [9.17, 15) is 13.6 Å². The molecule has 0 saturated carbocycles. The maximum absolute atomic E-state index is 12.4. The molecule has 0 bridgehead atoms. The first kappa shape index (κ1) is 11.2. The highest BCUT2D eigenvalue weighted by molar-refractivity contribution is 9.10. The van der Waals surface area contributed by atoms with Crippen LogP contribution >= 0.6 is 15.9 Å². The lowest BCUT2D eigenvalue weighted by molar-refractivity contribution is 0.110. The Labute approximate surface area is 87.4 Å². The molecule has 1 aromatic heterocycles. The summed E-state index contributed by atoms with van der Waals surface area (Å²) in [7, 11) is 0. The number of carbonyl (C=O) groups excluding carboxylic acids is 1. The highest BCUT2D eigenvalue weighted by atomic mass is 79.9. The van der Waals surface area contributed by atoms with Crippen LogP contribution in [0, 0.1) is 0 Å². The summed E-state index contributed by atoms with van der Waals surface area (Å²) in [6.45, 7) is 0.137. The Morgan fingerprint density at radius 1 is 1.64 bits per heavy atom. The zero-order chi connectivity index (χ0) is 10.7. The lowest BCUT2D eigenvalue weighted by atomic mass is 10.1. The summed E-state index contributed by atoms with van der Waals surface area (Å²) in [5.41, 5.74) is 5.21. The molecule has 1 rings (SSSR count). The number of halogens is 3. The second-order valence-corrected chi connectivity index (χ2v) is 3.29. The molecule has 0 aromatic carbocycles. The number of aromatic nitrogens is 1. The third-order valence-corrected chi connectivity index (χ3v) is 2.35. The SMILES string of the molecule is NCc1cc(C=O)c(C(F)F)nc1Br. The number of hydrogen-bond donors (Lipinski definition) is 1. The number of rotatable bonds is 3. The third-order valence-electron chi connectivity index (χ3n) is 1.66. The van der Waals surface area contributed by atoms with E-state index in [0.29, 0.717) is 11.8 Å². The van der Waals surface area contributed by atoms with E-state index in [4.69, 9.17) is 5.73 Å². The van der Waals surface area contributed by atoms with Gasteiger partial charge < -0.3 is 5.73 Å². The van der Waals surface area contributed by atoms with Gasteiger partial charge in [-0.15, -0.1) is 0 Å². The van der Waals surface area contributed by atoms with Crippen molar-refractivity contribution in [2.75, 3.05) is 0 Å². The van der Waals surface area contributed by atoms with Crippen LogP contribution in [-0.4, -0.2) is 11.3 Å². The zero-order valence-electron chi connectivity index (χ0n) is 7.01. The summed E-state index contributed by atoms with van der Waals surface area (Å²) in [5.74, 6) is 0. The first-order valence-corrected chi connectivity index (χ1v) is 4.52. The van der Waals surface area contributed by atoms with Crippen molar-refractivity contribution in [3.63, 3.8) is 0 Å². The number of alkyl halides is 2. The van der Waals surface area contributed by atoms with Crippen molar-refractivity contribution in [1.82, 2.24) is 4.98 Å². The predicted octanol–water partition coefficient (Wildman–Crippen LogP) is 2.05. The van der Waals surface area contributed by atoms with Gasteiger partial charge in [-0.2, -0.15) is 0 Å². The van der Waals surface area contributed by atoms with Crippen molar-refractivity contribution in [1.29, 1.82) is 0 Å². The molecule has 0 spiro atoms. The molecule has 0 unspecified atom stereocenters. The molecule has 76 valence electrons. The van der Waals surface area contributed by atoms with Gasteiger partial charge in [-0.05, 0) is 27.6 Å². The second-order valence-electron chi connectivity index (χ2n) is 2.54. The number of aldehydes is 1. The molecule has 0 atom stereocenters. The van der Waals surface area contributed by atoms with Gasteiger partial charge in [0.15, 0.2) is 6.29 Å². The molecule has 0 fully saturated rings. The summed E-state index contributed by atoms with van der Waals surface area (Å²) >= 11 is 3.00. The van der Waals surface area contributed by atoms with Gasteiger partial charge in [0.2, 0.25) is 0 Å². The number of pyridine rings is 1. The van der Waals surface area contributed by atoms with Gasteiger partial charge in [0.25, 0.3) is 6.43 Å². The molecule has 6 heteroatoms. The van der Waals surface area contributed by atoms with Crippen LogP contribution in [-0.2, 0) is 6.54 Å². The molecule has 1 heterocycles. The number of nitrogens with zero attached hydrogens (tertiary/aromatic N) is 1. The number of carbonyl (C=O) groups is 1. The molecule has 0 radical (unpaired) electrons. The topological polar surface area (TPSA) is 56.0 Å². The molecule has 0 aliphatic carbocycles. The molecule has 0 saturated heterocycles. The summed E-state index contributed by atoms with van der Waals surface area (Å²) in [5, 5.41) is 0. The largest absolute Gasteiger partial charge is 0.326 e. The van der Waals surface area contributed by atoms with Gasteiger partial charge in [-0.1, -0.05) is 0 Å². The van der Waals surface area contributed by atoms with Gasteiger partial charge in [0.1, 0.15) is 10.3 Å². The lowest BCUT2D eigenvalue weighted by Gasteiger charge is -2.06. The van der Waals surface area contributed by atoms with Gasteiger partial charge in [0.05, 0.1) is 0 Å². The second kappa shape index (κ2) is 4.56. The Morgan fingerprint density at radius 2 is 2.29 bits per heavy atom. The standard InChI is InChI=1S/C8H7BrF2N2O/c9-7-4(2-12)1-5(3-14)6(13-7)8(10)11/h1,3,8H,2,12H2. The zero-order valence-corrected chi connectivity index (χ0v) is 8.59. The first-order valence-electron chi connectivity index (χ1n) is 3.72. The third kappa shape index (κ3) is 2.13. The van der Waals surface area contributed by atoms with Crippen LogP contribution in [0.3, 0.4) is 0 Å². The van der Waals surface area contributed by atoms with Crippen LogP contribution in [0.5, 0.6) is 0 Å². The smallest absolute Gasteiger partial charge is 0.281 e. The normalized spacial score (nSPS) is 10.6. The molecule has 1 aromatic rings. The Hall–Kier alpha value is -0.880. The van der Waals surface area contributed by atoms with Crippen LogP contribution in [0.25, 0.3) is 0 Å². The molecular weight excluding hydrogens is 258 g/mol. The van der Waals surface area contributed by atoms with Gasteiger partial charge in [-0.25, -0.2) is 13.8 Å². The van der Waals surface area contributed by atoms with E-state index in [2.05, 4.69) is 20.9 Å². The predicted molar refractivity (Wildman–Crippen MR) is 50.2 cm³/mol. The van der Waals surface area contributed by atoms with E-state index < -0.39 is 12.1 Å². The van der Waals surface area contributed by atoms with Crippen LogP contribution in [0.15, 0.2) is 10.7 Å². The summed E-state index contributed by atoms with van der Waals surface area (Å²) in [6, 6.07) is 1.31. The van der Waals surface area contributed by atoms with Crippen molar-refractivity contribution >= 4 is 22.2 Å². The maximum Gasteiger partial charge on any atom is 0.281 e. The van der Waals surface area contributed by atoms with Gasteiger partial charge in [0, 0.05) is 12.1 Å². The van der Waals surface area contributed by atoms with Crippen LogP contribution in [0.2, 0.25) is 0 Å². The summed E-state index contributed by atoms with van der Waals surface area (Å²) in [4.78, 5) is 14.1. The van der Waals surface area contributed by atoms with Crippen molar-refractivity contribution < 1.29 is 13.6 Å². The maximum atomic E-state index is 12.4. The minimum absolute atomic E-state index is 0.122. The Bertz CT molecular complexity index is 357.